The summed E-state index contributed by atoms with van der Waals surface area (Å²) < 4.78 is 27.8. The molecule has 0 fully saturated rings. The smallest absolute Gasteiger partial charge is 0.205 e. The fourth-order valence-electron chi connectivity index (χ4n) is 1.99. The highest BCUT2D eigenvalue weighted by Crippen LogP contribution is 2.29. The van der Waals surface area contributed by atoms with Crippen LogP contribution in [-0.2, 0) is 0 Å². The maximum absolute atomic E-state index is 13.3. The van der Waals surface area contributed by atoms with Crippen molar-refractivity contribution in [2.45, 2.75) is 0 Å². The summed E-state index contributed by atoms with van der Waals surface area (Å²) in [5.74, 6) is -1.71. The topological polar surface area (TPSA) is 43.8 Å². The molecule has 2 aromatic carbocycles. The number of nitrogens with zero attached hydrogens (tertiary/aromatic N) is 2. The van der Waals surface area contributed by atoms with Crippen molar-refractivity contribution in [2.75, 3.05) is 5.73 Å². The van der Waals surface area contributed by atoms with Crippen LogP contribution in [0.2, 0.25) is 5.02 Å². The van der Waals surface area contributed by atoms with Gasteiger partial charge in [0, 0.05) is 6.07 Å². The molecule has 3 nitrogen and oxygen atoms in total. The number of nitrogens with two attached hydrogens (primary N) is 1. The van der Waals surface area contributed by atoms with Crippen molar-refractivity contribution >= 4 is 28.6 Å². The van der Waals surface area contributed by atoms with Gasteiger partial charge in [0.15, 0.2) is 11.6 Å². The summed E-state index contributed by atoms with van der Waals surface area (Å²) in [7, 11) is 0. The summed E-state index contributed by atoms with van der Waals surface area (Å²) >= 11 is 6.11. The Morgan fingerprint density at radius 1 is 1.11 bits per heavy atom. The number of anilines is 1. The second-order valence-electron chi connectivity index (χ2n) is 4.01. The largest absolute Gasteiger partial charge is 0.369 e. The van der Waals surface area contributed by atoms with E-state index in [1.807, 2.05) is 0 Å². The minimum Gasteiger partial charge on any atom is -0.369 e. The monoisotopic (exact) mass is 279 g/mol. The number of halogens is 3. The summed E-state index contributed by atoms with van der Waals surface area (Å²) in [6, 6.07) is 8.67. The molecule has 0 aliphatic carbocycles. The molecule has 96 valence electrons. The van der Waals surface area contributed by atoms with E-state index in [9.17, 15) is 8.78 Å². The number of hydrogen-bond acceptors (Lipinski definition) is 2. The highest BCUT2D eigenvalue weighted by atomic mass is 35.5. The van der Waals surface area contributed by atoms with Crippen molar-refractivity contribution in [3.63, 3.8) is 0 Å². The van der Waals surface area contributed by atoms with Crippen molar-refractivity contribution < 1.29 is 8.78 Å². The Kier molecular flexibility index (Phi) is 2.64. The molecule has 1 aromatic heterocycles. The van der Waals surface area contributed by atoms with Crippen LogP contribution in [-0.4, -0.2) is 9.55 Å². The molecule has 0 radical (unpaired) electrons. The van der Waals surface area contributed by atoms with Crippen LogP contribution in [0.25, 0.3) is 16.7 Å². The van der Waals surface area contributed by atoms with E-state index in [2.05, 4.69) is 4.98 Å². The fraction of sp³-hybridized carbons (Fsp3) is 0. The van der Waals surface area contributed by atoms with Gasteiger partial charge in [-0.05, 0) is 24.3 Å². The zero-order valence-corrected chi connectivity index (χ0v) is 10.3. The zero-order valence-electron chi connectivity index (χ0n) is 9.57. The lowest BCUT2D eigenvalue weighted by Gasteiger charge is -2.07. The van der Waals surface area contributed by atoms with Crippen LogP contribution in [0.4, 0.5) is 14.7 Å². The second-order valence-corrected chi connectivity index (χ2v) is 4.42. The third kappa shape index (κ3) is 1.82. The Morgan fingerprint density at radius 2 is 1.89 bits per heavy atom. The first-order valence-electron chi connectivity index (χ1n) is 5.46. The molecule has 0 amide bonds. The third-order valence-corrected chi connectivity index (χ3v) is 3.12. The van der Waals surface area contributed by atoms with Gasteiger partial charge in [0.25, 0.3) is 0 Å². The quantitative estimate of drug-likeness (QED) is 0.740. The number of fused-ring (bicyclic) bond motifs is 1. The number of hydrogen-bond donors (Lipinski definition) is 1. The van der Waals surface area contributed by atoms with Gasteiger partial charge < -0.3 is 5.73 Å². The fourth-order valence-corrected chi connectivity index (χ4v) is 2.24. The molecule has 0 bridgehead atoms. The molecule has 6 heteroatoms. The minimum absolute atomic E-state index is 0.161. The molecule has 0 atom stereocenters. The number of benzene rings is 2. The summed E-state index contributed by atoms with van der Waals surface area (Å²) in [4.78, 5) is 4.14. The van der Waals surface area contributed by atoms with E-state index in [1.54, 1.807) is 18.2 Å². The number of para-hydroxylation sites is 1. The predicted octanol–water partition coefficient (Wildman–Crippen LogP) is 3.54. The lowest BCUT2D eigenvalue weighted by atomic mass is 10.2. The van der Waals surface area contributed by atoms with Gasteiger partial charge in [-0.15, -0.1) is 0 Å². The van der Waals surface area contributed by atoms with Crippen molar-refractivity contribution in [2.24, 2.45) is 0 Å². The Morgan fingerprint density at radius 3 is 2.63 bits per heavy atom. The van der Waals surface area contributed by atoms with Crippen LogP contribution in [0.5, 0.6) is 0 Å². The number of rotatable bonds is 1. The number of aromatic nitrogens is 2. The molecular formula is C13H8ClF2N3. The van der Waals surface area contributed by atoms with E-state index in [0.29, 0.717) is 21.7 Å². The number of nitrogen functional groups attached to an aromatic ring is 1. The maximum Gasteiger partial charge on any atom is 0.205 e. The van der Waals surface area contributed by atoms with E-state index in [4.69, 9.17) is 17.3 Å². The van der Waals surface area contributed by atoms with Gasteiger partial charge in [-0.25, -0.2) is 13.8 Å². The van der Waals surface area contributed by atoms with Crippen LogP contribution in [0.3, 0.4) is 0 Å². The van der Waals surface area contributed by atoms with E-state index >= 15 is 0 Å². The van der Waals surface area contributed by atoms with E-state index in [-0.39, 0.29) is 5.95 Å². The normalized spacial score (nSPS) is 11.1. The Bertz CT molecular complexity index is 783. The van der Waals surface area contributed by atoms with Gasteiger partial charge in [-0.3, -0.25) is 4.57 Å². The lowest BCUT2D eigenvalue weighted by molar-refractivity contribution is 0.508. The third-order valence-electron chi connectivity index (χ3n) is 2.81. The molecule has 19 heavy (non-hydrogen) atoms. The molecule has 0 saturated carbocycles. The Balaban J connectivity index is 2.35. The summed E-state index contributed by atoms with van der Waals surface area (Å²) in [5, 5.41) is 0.437. The van der Waals surface area contributed by atoms with Gasteiger partial charge in [0.05, 0.1) is 21.7 Å². The molecule has 0 aliphatic heterocycles. The van der Waals surface area contributed by atoms with Crippen LogP contribution in [0.1, 0.15) is 0 Å². The van der Waals surface area contributed by atoms with Crippen molar-refractivity contribution in [1.82, 2.24) is 9.55 Å². The molecule has 0 aliphatic rings. The highest BCUT2D eigenvalue weighted by Gasteiger charge is 2.14. The van der Waals surface area contributed by atoms with Gasteiger partial charge >= 0.3 is 0 Å². The molecule has 3 rings (SSSR count). The van der Waals surface area contributed by atoms with Crippen LogP contribution < -0.4 is 5.73 Å². The first-order valence-corrected chi connectivity index (χ1v) is 5.83. The van der Waals surface area contributed by atoms with Gasteiger partial charge in [0.1, 0.15) is 0 Å². The van der Waals surface area contributed by atoms with E-state index in [0.717, 1.165) is 12.1 Å². The molecule has 3 aromatic rings. The molecule has 1 heterocycles. The van der Waals surface area contributed by atoms with Crippen molar-refractivity contribution in [3.05, 3.63) is 53.1 Å². The molecule has 2 N–H and O–H groups in total. The van der Waals surface area contributed by atoms with E-state index < -0.39 is 11.6 Å². The van der Waals surface area contributed by atoms with Gasteiger partial charge in [-0.1, -0.05) is 17.7 Å². The first kappa shape index (κ1) is 11.9. The Labute approximate surface area is 112 Å². The second kappa shape index (κ2) is 4.20. The van der Waals surface area contributed by atoms with Crippen LogP contribution in [0.15, 0.2) is 36.4 Å². The standard InChI is InChI=1S/C13H8ClF2N3/c14-8-2-1-3-11-12(8)19(13(17)18-11)7-4-5-9(15)10(16)6-7/h1-6H,(H2,17,18). The van der Waals surface area contributed by atoms with E-state index in [1.165, 1.54) is 10.6 Å². The van der Waals surface area contributed by atoms with Crippen molar-refractivity contribution in [1.29, 1.82) is 0 Å². The molecule has 0 unspecified atom stereocenters. The highest BCUT2D eigenvalue weighted by molar-refractivity contribution is 6.35. The summed E-state index contributed by atoms with van der Waals surface area (Å²) in [6.45, 7) is 0. The molecular weight excluding hydrogens is 272 g/mol. The summed E-state index contributed by atoms with van der Waals surface area (Å²) in [6.07, 6.45) is 0. The SMILES string of the molecule is Nc1nc2cccc(Cl)c2n1-c1ccc(F)c(F)c1. The first-order chi connectivity index (χ1) is 9.08. The average molecular weight is 280 g/mol. The number of imidazole rings is 1. The Hall–Kier alpha value is -2.14. The van der Waals surface area contributed by atoms with Crippen LogP contribution in [0, 0.1) is 11.6 Å². The average Bonchev–Trinajstić information content (AvgIpc) is 2.70. The van der Waals surface area contributed by atoms with Crippen molar-refractivity contribution in [3.8, 4) is 5.69 Å². The van der Waals surface area contributed by atoms with Crippen LogP contribution >= 0.6 is 11.6 Å². The van der Waals surface area contributed by atoms with Gasteiger partial charge in [0.2, 0.25) is 5.95 Å². The molecule has 0 saturated heterocycles. The molecule has 0 spiro atoms. The summed E-state index contributed by atoms with van der Waals surface area (Å²) in [5.41, 5.74) is 7.34. The minimum atomic E-state index is -0.953. The van der Waals surface area contributed by atoms with Gasteiger partial charge in [-0.2, -0.15) is 0 Å². The predicted molar refractivity (Wildman–Crippen MR) is 70.4 cm³/mol. The maximum atomic E-state index is 13.3. The lowest BCUT2D eigenvalue weighted by Crippen LogP contribution is -2.01. The zero-order chi connectivity index (χ0) is 13.6.